The lowest BCUT2D eigenvalue weighted by molar-refractivity contribution is 0.475. The molecule has 3 aromatic rings. The van der Waals surface area contributed by atoms with Gasteiger partial charge in [-0.05, 0) is 48.5 Å². The van der Waals surface area contributed by atoms with Crippen molar-refractivity contribution in [2.45, 2.75) is 0 Å². The van der Waals surface area contributed by atoms with Gasteiger partial charge in [-0.15, -0.1) is 0 Å². The van der Waals surface area contributed by atoms with Crippen LogP contribution < -0.4 is 15.8 Å². The summed E-state index contributed by atoms with van der Waals surface area (Å²) in [6, 6.07) is 13.5. The molecule has 1 aromatic heterocycles. The van der Waals surface area contributed by atoms with E-state index in [2.05, 4.69) is 15.3 Å². The molecule has 23 heavy (non-hydrogen) atoms. The van der Waals surface area contributed by atoms with E-state index >= 15 is 0 Å². The molecule has 0 bridgehead atoms. The molecule has 0 fully saturated rings. The third-order valence-corrected chi connectivity index (χ3v) is 3.20. The van der Waals surface area contributed by atoms with E-state index in [0.717, 1.165) is 5.69 Å². The van der Waals surface area contributed by atoms with Crippen LogP contribution in [0.25, 0.3) is 0 Å². The highest BCUT2D eigenvalue weighted by molar-refractivity contribution is 6.30. The number of rotatable bonds is 4. The van der Waals surface area contributed by atoms with E-state index in [9.17, 15) is 5.11 Å². The van der Waals surface area contributed by atoms with Crippen molar-refractivity contribution >= 4 is 29.1 Å². The molecule has 0 amide bonds. The monoisotopic (exact) mass is 328 g/mol. The Balaban J connectivity index is 1.88. The summed E-state index contributed by atoms with van der Waals surface area (Å²) < 4.78 is 5.76. The van der Waals surface area contributed by atoms with Gasteiger partial charge in [-0.2, -0.15) is 4.98 Å². The van der Waals surface area contributed by atoms with Gasteiger partial charge in [-0.1, -0.05) is 11.6 Å². The van der Waals surface area contributed by atoms with Crippen LogP contribution in [0, 0.1) is 0 Å². The van der Waals surface area contributed by atoms with Crippen LogP contribution in [0.15, 0.2) is 54.7 Å². The molecular weight excluding hydrogens is 316 g/mol. The second-order valence-corrected chi connectivity index (χ2v) is 5.11. The maximum atomic E-state index is 9.33. The van der Waals surface area contributed by atoms with Gasteiger partial charge in [0.25, 0.3) is 0 Å². The summed E-state index contributed by atoms with van der Waals surface area (Å²) in [6.07, 6.45) is 1.49. The van der Waals surface area contributed by atoms with E-state index in [1.807, 2.05) is 0 Å². The first-order chi connectivity index (χ1) is 11.1. The van der Waals surface area contributed by atoms with Gasteiger partial charge in [-0.3, -0.25) is 0 Å². The van der Waals surface area contributed by atoms with Gasteiger partial charge in [0.15, 0.2) is 11.6 Å². The van der Waals surface area contributed by atoms with E-state index < -0.39 is 0 Å². The number of phenols is 1. The number of anilines is 3. The first kappa shape index (κ1) is 14.9. The quantitative estimate of drug-likeness (QED) is 0.628. The van der Waals surface area contributed by atoms with Crippen LogP contribution in [-0.2, 0) is 0 Å². The maximum Gasteiger partial charge on any atom is 0.222 e. The Morgan fingerprint density at radius 3 is 2.43 bits per heavy atom. The zero-order chi connectivity index (χ0) is 16.2. The van der Waals surface area contributed by atoms with Crippen LogP contribution in [0.4, 0.5) is 17.5 Å². The third kappa shape index (κ3) is 3.81. The van der Waals surface area contributed by atoms with Crippen LogP contribution in [-0.4, -0.2) is 15.1 Å². The molecule has 0 spiro atoms. The zero-order valence-corrected chi connectivity index (χ0v) is 12.7. The largest absolute Gasteiger partial charge is 0.508 e. The molecule has 0 saturated heterocycles. The molecule has 7 heteroatoms. The molecule has 0 saturated carbocycles. The van der Waals surface area contributed by atoms with Crippen LogP contribution >= 0.6 is 11.6 Å². The Morgan fingerprint density at radius 2 is 1.74 bits per heavy atom. The minimum absolute atomic E-state index is 0.120. The fourth-order valence-corrected chi connectivity index (χ4v) is 1.99. The van der Waals surface area contributed by atoms with E-state index in [-0.39, 0.29) is 11.7 Å². The minimum Gasteiger partial charge on any atom is -0.508 e. The van der Waals surface area contributed by atoms with Crippen molar-refractivity contribution in [2.24, 2.45) is 0 Å². The van der Waals surface area contributed by atoms with Gasteiger partial charge in [0.1, 0.15) is 11.5 Å². The topological polar surface area (TPSA) is 93.3 Å². The van der Waals surface area contributed by atoms with Crippen molar-refractivity contribution in [3.8, 4) is 17.2 Å². The number of aromatic nitrogens is 2. The van der Waals surface area contributed by atoms with Crippen LogP contribution in [0.2, 0.25) is 5.02 Å². The number of phenolic OH excluding ortho intramolecular Hbond substituents is 1. The van der Waals surface area contributed by atoms with E-state index in [4.69, 9.17) is 22.1 Å². The summed E-state index contributed by atoms with van der Waals surface area (Å²) in [5, 5.41) is 13.0. The predicted molar refractivity (Wildman–Crippen MR) is 89.4 cm³/mol. The standard InChI is InChI=1S/C16H13ClN4O2/c17-10-1-7-13(8-2-10)23-14-9-19-16(18)21-15(14)20-11-3-5-12(22)6-4-11/h1-9,22H,(H3,18,19,20,21). The molecular formula is C16H13ClN4O2. The van der Waals surface area contributed by atoms with Gasteiger partial charge in [-0.25, -0.2) is 4.98 Å². The molecule has 0 radical (unpaired) electrons. The fourth-order valence-electron chi connectivity index (χ4n) is 1.86. The SMILES string of the molecule is Nc1ncc(Oc2ccc(Cl)cc2)c(Nc2ccc(O)cc2)n1. The highest BCUT2D eigenvalue weighted by Gasteiger charge is 2.09. The van der Waals surface area contributed by atoms with Crippen molar-refractivity contribution in [1.82, 2.24) is 9.97 Å². The number of benzene rings is 2. The number of halogens is 1. The molecule has 116 valence electrons. The average molecular weight is 329 g/mol. The molecule has 0 aliphatic rings. The Morgan fingerprint density at radius 1 is 1.04 bits per heavy atom. The number of ether oxygens (including phenoxy) is 1. The number of aromatic hydroxyl groups is 1. The first-order valence-corrected chi connectivity index (χ1v) is 7.10. The van der Waals surface area contributed by atoms with E-state index in [0.29, 0.717) is 22.3 Å². The van der Waals surface area contributed by atoms with Crippen molar-refractivity contribution in [3.05, 3.63) is 59.8 Å². The highest BCUT2D eigenvalue weighted by atomic mass is 35.5. The molecule has 6 nitrogen and oxygen atoms in total. The molecule has 2 aromatic carbocycles. The fraction of sp³-hybridized carbons (Fsp3) is 0. The summed E-state index contributed by atoms with van der Waals surface area (Å²) in [7, 11) is 0. The Bertz CT molecular complexity index is 807. The minimum atomic E-state index is 0.120. The summed E-state index contributed by atoms with van der Waals surface area (Å²) in [5.74, 6) is 1.72. The number of hydrogen-bond donors (Lipinski definition) is 3. The van der Waals surface area contributed by atoms with Crippen molar-refractivity contribution in [1.29, 1.82) is 0 Å². The number of hydrogen-bond acceptors (Lipinski definition) is 6. The lowest BCUT2D eigenvalue weighted by Crippen LogP contribution is -2.02. The zero-order valence-electron chi connectivity index (χ0n) is 11.9. The van der Waals surface area contributed by atoms with Gasteiger partial charge >= 0.3 is 0 Å². The summed E-state index contributed by atoms with van der Waals surface area (Å²) in [4.78, 5) is 8.09. The maximum absolute atomic E-state index is 9.33. The number of nitrogens with two attached hydrogens (primary N) is 1. The van der Waals surface area contributed by atoms with Crippen molar-refractivity contribution in [3.63, 3.8) is 0 Å². The second-order valence-electron chi connectivity index (χ2n) is 4.67. The summed E-state index contributed by atoms with van der Waals surface area (Å²) >= 11 is 5.86. The average Bonchev–Trinajstić information content (AvgIpc) is 2.54. The van der Waals surface area contributed by atoms with Gasteiger partial charge in [0, 0.05) is 10.7 Å². The first-order valence-electron chi connectivity index (χ1n) is 6.72. The highest BCUT2D eigenvalue weighted by Crippen LogP contribution is 2.30. The number of nitrogen functional groups attached to an aromatic ring is 1. The molecule has 1 heterocycles. The summed E-state index contributed by atoms with van der Waals surface area (Å²) in [6.45, 7) is 0. The Labute approximate surface area is 137 Å². The Hall–Kier alpha value is -2.99. The lowest BCUT2D eigenvalue weighted by atomic mass is 10.3. The number of nitrogens with zero attached hydrogens (tertiary/aromatic N) is 2. The summed E-state index contributed by atoms with van der Waals surface area (Å²) in [5.41, 5.74) is 6.37. The van der Waals surface area contributed by atoms with Crippen LogP contribution in [0.1, 0.15) is 0 Å². The molecule has 0 atom stereocenters. The Kier molecular flexibility index (Phi) is 4.16. The molecule has 0 aliphatic carbocycles. The van der Waals surface area contributed by atoms with Gasteiger partial charge in [0.05, 0.1) is 6.20 Å². The van der Waals surface area contributed by atoms with Crippen molar-refractivity contribution < 1.29 is 9.84 Å². The second kappa shape index (κ2) is 6.41. The molecule has 0 aliphatic heterocycles. The predicted octanol–water partition coefficient (Wildman–Crippen LogP) is 3.95. The van der Waals surface area contributed by atoms with Crippen LogP contribution in [0.3, 0.4) is 0 Å². The molecule has 3 rings (SSSR count). The van der Waals surface area contributed by atoms with Crippen LogP contribution in [0.5, 0.6) is 17.2 Å². The van der Waals surface area contributed by atoms with Crippen molar-refractivity contribution in [2.75, 3.05) is 11.1 Å². The lowest BCUT2D eigenvalue weighted by Gasteiger charge is -2.12. The molecule has 4 N–H and O–H groups in total. The molecule has 0 unspecified atom stereocenters. The van der Waals surface area contributed by atoms with E-state index in [1.54, 1.807) is 48.5 Å². The smallest absolute Gasteiger partial charge is 0.222 e. The normalized spacial score (nSPS) is 10.3. The number of nitrogens with one attached hydrogen (secondary N) is 1. The van der Waals surface area contributed by atoms with Gasteiger partial charge < -0.3 is 20.9 Å². The van der Waals surface area contributed by atoms with Gasteiger partial charge in [0.2, 0.25) is 5.95 Å². The van der Waals surface area contributed by atoms with E-state index in [1.165, 1.54) is 6.20 Å². The third-order valence-electron chi connectivity index (χ3n) is 2.95.